The number of hydrogen-bond donors (Lipinski definition) is 2. The third kappa shape index (κ3) is 5.50. The zero-order valence-corrected chi connectivity index (χ0v) is 16.4. The number of anilines is 1. The second-order valence-electron chi connectivity index (χ2n) is 6.01. The number of halogens is 4. The Hall–Kier alpha value is -2.55. The van der Waals surface area contributed by atoms with Crippen molar-refractivity contribution in [1.82, 2.24) is 4.98 Å². The van der Waals surface area contributed by atoms with Crippen LogP contribution in [0.4, 0.5) is 18.9 Å². The fourth-order valence-corrected chi connectivity index (χ4v) is 3.54. The molecular formula is C20H15ClF3N3OS. The van der Waals surface area contributed by atoms with Crippen molar-refractivity contribution in [2.24, 2.45) is 5.73 Å². The van der Waals surface area contributed by atoms with E-state index in [0.29, 0.717) is 10.7 Å². The molecule has 150 valence electrons. The summed E-state index contributed by atoms with van der Waals surface area (Å²) in [5.41, 5.74) is 5.42. The average Bonchev–Trinajstić information content (AvgIpc) is 2.69. The molecule has 0 saturated carbocycles. The lowest BCUT2D eigenvalue weighted by atomic mass is 10.0. The van der Waals surface area contributed by atoms with Crippen LogP contribution in [-0.4, -0.2) is 10.9 Å². The molecule has 3 N–H and O–H groups in total. The van der Waals surface area contributed by atoms with Crippen molar-refractivity contribution in [1.29, 1.82) is 0 Å². The van der Waals surface area contributed by atoms with E-state index in [0.717, 1.165) is 22.1 Å². The molecule has 0 fully saturated rings. The predicted octanol–water partition coefficient (Wildman–Crippen LogP) is 5.54. The smallest absolute Gasteiger partial charge is 0.324 e. The van der Waals surface area contributed by atoms with Gasteiger partial charge in [-0.3, -0.25) is 4.79 Å². The number of carbonyl (C=O) groups excluding carboxylic acids is 1. The van der Waals surface area contributed by atoms with Crippen LogP contribution >= 0.6 is 23.4 Å². The Labute approximate surface area is 174 Å². The molecule has 1 unspecified atom stereocenters. The molecule has 0 aliphatic carbocycles. The van der Waals surface area contributed by atoms with E-state index >= 15 is 0 Å². The number of aromatic nitrogens is 1. The van der Waals surface area contributed by atoms with Crippen LogP contribution in [-0.2, 0) is 11.0 Å². The summed E-state index contributed by atoms with van der Waals surface area (Å²) in [5.74, 6) is -0.648. The summed E-state index contributed by atoms with van der Waals surface area (Å²) in [7, 11) is 0. The molecule has 0 spiro atoms. The van der Waals surface area contributed by atoms with Crippen molar-refractivity contribution in [2.75, 3.05) is 5.32 Å². The zero-order valence-electron chi connectivity index (χ0n) is 14.8. The van der Waals surface area contributed by atoms with Crippen molar-refractivity contribution in [2.45, 2.75) is 22.1 Å². The molecule has 1 heterocycles. The van der Waals surface area contributed by atoms with Gasteiger partial charge in [-0.1, -0.05) is 41.6 Å². The first-order valence-electron chi connectivity index (χ1n) is 8.36. The minimum Gasteiger partial charge on any atom is -0.324 e. The lowest BCUT2D eigenvalue weighted by molar-refractivity contribution is -0.137. The zero-order chi connectivity index (χ0) is 21.0. The van der Waals surface area contributed by atoms with E-state index in [1.807, 2.05) is 12.1 Å². The molecule has 0 saturated heterocycles. The minimum absolute atomic E-state index is 0.0609. The maximum atomic E-state index is 12.9. The molecule has 29 heavy (non-hydrogen) atoms. The first-order valence-corrected chi connectivity index (χ1v) is 9.55. The topological polar surface area (TPSA) is 68.0 Å². The van der Waals surface area contributed by atoms with Gasteiger partial charge in [-0.2, -0.15) is 13.2 Å². The van der Waals surface area contributed by atoms with E-state index in [1.165, 1.54) is 23.9 Å². The van der Waals surface area contributed by atoms with Crippen LogP contribution in [0.25, 0.3) is 0 Å². The number of alkyl halides is 3. The van der Waals surface area contributed by atoms with Crippen LogP contribution in [0.5, 0.6) is 0 Å². The molecule has 1 atom stereocenters. The van der Waals surface area contributed by atoms with Gasteiger partial charge in [0.05, 0.1) is 10.6 Å². The summed E-state index contributed by atoms with van der Waals surface area (Å²) in [4.78, 5) is 17.3. The molecule has 0 aliphatic rings. The Kier molecular flexibility index (Phi) is 6.46. The van der Waals surface area contributed by atoms with E-state index in [-0.39, 0.29) is 5.56 Å². The van der Waals surface area contributed by atoms with Gasteiger partial charge < -0.3 is 11.1 Å². The molecule has 4 nitrogen and oxygen atoms in total. The highest BCUT2D eigenvalue weighted by molar-refractivity contribution is 7.99. The number of amides is 1. The Balaban J connectivity index is 1.71. The molecular weight excluding hydrogens is 423 g/mol. The predicted molar refractivity (Wildman–Crippen MR) is 107 cm³/mol. The third-order valence-electron chi connectivity index (χ3n) is 3.91. The van der Waals surface area contributed by atoms with Crippen molar-refractivity contribution in [3.8, 4) is 0 Å². The Morgan fingerprint density at radius 1 is 1.10 bits per heavy atom. The molecule has 3 aromatic rings. The molecule has 0 aliphatic heterocycles. The van der Waals surface area contributed by atoms with Gasteiger partial charge in [0.2, 0.25) is 5.91 Å². The van der Waals surface area contributed by atoms with Crippen LogP contribution in [0.15, 0.2) is 76.8 Å². The van der Waals surface area contributed by atoms with Gasteiger partial charge in [0.25, 0.3) is 0 Å². The van der Waals surface area contributed by atoms with Gasteiger partial charge >= 0.3 is 6.18 Å². The second kappa shape index (κ2) is 8.86. The Morgan fingerprint density at radius 3 is 2.55 bits per heavy atom. The highest BCUT2D eigenvalue weighted by atomic mass is 35.5. The molecule has 1 amide bonds. The van der Waals surface area contributed by atoms with E-state index in [4.69, 9.17) is 17.3 Å². The van der Waals surface area contributed by atoms with Crippen molar-refractivity contribution in [3.63, 3.8) is 0 Å². The fraction of sp³-hybridized carbons (Fsp3) is 0.100. The summed E-state index contributed by atoms with van der Waals surface area (Å²) in [6, 6.07) is 13.5. The summed E-state index contributed by atoms with van der Waals surface area (Å²) in [6.07, 6.45) is -2.85. The monoisotopic (exact) mass is 437 g/mol. The minimum atomic E-state index is -4.51. The summed E-state index contributed by atoms with van der Waals surface area (Å²) >= 11 is 7.64. The molecule has 1 aromatic heterocycles. The number of nitrogens with two attached hydrogens (primary N) is 1. The average molecular weight is 438 g/mol. The standard InChI is InChI=1S/C20H15ClF3N3OS/c21-15-11-14(7-8-16(15)29-17-6-1-2-9-26-17)27-19(28)18(25)12-4-3-5-13(10-12)20(22,23)24/h1-11,18H,25H2,(H,27,28). The van der Waals surface area contributed by atoms with E-state index < -0.39 is 23.7 Å². The first-order chi connectivity index (χ1) is 13.7. The summed E-state index contributed by atoms with van der Waals surface area (Å²) in [5, 5.41) is 3.73. The van der Waals surface area contributed by atoms with Gasteiger partial charge in [0.1, 0.15) is 11.1 Å². The maximum Gasteiger partial charge on any atom is 0.416 e. The molecule has 0 bridgehead atoms. The maximum absolute atomic E-state index is 12.9. The third-order valence-corrected chi connectivity index (χ3v) is 5.36. The number of benzene rings is 2. The van der Waals surface area contributed by atoms with Gasteiger partial charge in [0, 0.05) is 16.8 Å². The Morgan fingerprint density at radius 2 is 1.90 bits per heavy atom. The highest BCUT2D eigenvalue weighted by Gasteiger charge is 2.31. The van der Waals surface area contributed by atoms with Crippen LogP contribution in [0.1, 0.15) is 17.2 Å². The lowest BCUT2D eigenvalue weighted by Gasteiger charge is -2.15. The lowest BCUT2D eigenvalue weighted by Crippen LogP contribution is -2.28. The molecule has 0 radical (unpaired) electrons. The van der Waals surface area contributed by atoms with E-state index in [2.05, 4.69) is 10.3 Å². The van der Waals surface area contributed by atoms with Crippen LogP contribution in [0, 0.1) is 0 Å². The Bertz CT molecular complexity index is 1020. The van der Waals surface area contributed by atoms with Crippen LogP contribution in [0.2, 0.25) is 5.02 Å². The quantitative estimate of drug-likeness (QED) is 0.549. The van der Waals surface area contributed by atoms with Crippen LogP contribution < -0.4 is 11.1 Å². The highest BCUT2D eigenvalue weighted by Crippen LogP contribution is 2.34. The van der Waals surface area contributed by atoms with Gasteiger partial charge in [-0.15, -0.1) is 0 Å². The number of rotatable bonds is 5. The number of carbonyl (C=O) groups is 1. The first kappa shape index (κ1) is 21.2. The van der Waals surface area contributed by atoms with Gasteiger partial charge in [0.15, 0.2) is 0 Å². The second-order valence-corrected chi connectivity index (χ2v) is 7.47. The summed E-state index contributed by atoms with van der Waals surface area (Å²) < 4.78 is 38.6. The number of nitrogens with zero attached hydrogens (tertiary/aromatic N) is 1. The number of pyridine rings is 1. The normalized spacial score (nSPS) is 12.4. The molecule has 3 rings (SSSR count). The number of nitrogens with one attached hydrogen (secondary N) is 1. The van der Waals surface area contributed by atoms with E-state index in [1.54, 1.807) is 30.5 Å². The molecule has 9 heteroatoms. The van der Waals surface area contributed by atoms with E-state index in [9.17, 15) is 18.0 Å². The number of hydrogen-bond acceptors (Lipinski definition) is 4. The largest absolute Gasteiger partial charge is 0.416 e. The SMILES string of the molecule is NC(C(=O)Nc1ccc(Sc2ccccn2)c(Cl)c1)c1cccc(C(F)(F)F)c1. The van der Waals surface area contributed by atoms with Crippen molar-refractivity contribution >= 4 is 35.0 Å². The molecule has 2 aromatic carbocycles. The summed E-state index contributed by atoms with van der Waals surface area (Å²) in [6.45, 7) is 0. The van der Waals surface area contributed by atoms with Gasteiger partial charge in [-0.25, -0.2) is 4.98 Å². The van der Waals surface area contributed by atoms with Crippen LogP contribution in [0.3, 0.4) is 0 Å². The van der Waals surface area contributed by atoms with Crippen molar-refractivity contribution < 1.29 is 18.0 Å². The fourth-order valence-electron chi connectivity index (χ4n) is 2.46. The van der Waals surface area contributed by atoms with Crippen molar-refractivity contribution in [3.05, 3.63) is 83.0 Å². The van der Waals surface area contributed by atoms with Gasteiger partial charge in [-0.05, 0) is 48.0 Å².